The molecule has 0 radical (unpaired) electrons. The van der Waals surface area contributed by atoms with Crippen LogP contribution in [0.1, 0.15) is 22.5 Å². The number of aryl methyl sites for hydroxylation is 2. The molecule has 0 bridgehead atoms. The Balaban J connectivity index is 1.73. The van der Waals surface area contributed by atoms with Gasteiger partial charge in [-0.2, -0.15) is 10.2 Å². The molecular weight excluding hydrogens is 350 g/mol. The van der Waals surface area contributed by atoms with Crippen LogP contribution in [0.5, 0.6) is 0 Å². The summed E-state index contributed by atoms with van der Waals surface area (Å²) in [5.74, 6) is -0.206. The van der Waals surface area contributed by atoms with E-state index in [-0.39, 0.29) is 5.91 Å². The first-order chi connectivity index (χ1) is 12.4. The Hall–Kier alpha value is -2.86. The van der Waals surface area contributed by atoms with Gasteiger partial charge in [-0.3, -0.25) is 14.2 Å². The second-order valence-corrected chi connectivity index (χ2v) is 6.54. The number of amides is 1. The van der Waals surface area contributed by atoms with E-state index in [1.807, 2.05) is 56.0 Å². The third kappa shape index (κ3) is 4.21. The molecule has 0 atom stereocenters. The zero-order valence-electron chi connectivity index (χ0n) is 14.9. The van der Waals surface area contributed by atoms with E-state index in [2.05, 4.69) is 15.5 Å². The average Bonchev–Trinajstić information content (AvgIpc) is 3.12. The molecule has 0 unspecified atom stereocenters. The molecule has 0 aliphatic heterocycles. The molecule has 0 saturated heterocycles. The fraction of sp³-hybridized carbons (Fsp3) is 0.211. The molecule has 6 nitrogen and oxygen atoms in total. The fourth-order valence-corrected chi connectivity index (χ4v) is 2.92. The normalized spacial score (nSPS) is 11.2. The molecule has 0 saturated carbocycles. The number of aromatic nitrogens is 4. The number of halogens is 1. The van der Waals surface area contributed by atoms with Crippen molar-refractivity contribution in [1.29, 1.82) is 0 Å². The van der Waals surface area contributed by atoms with Crippen molar-refractivity contribution in [2.24, 2.45) is 7.05 Å². The van der Waals surface area contributed by atoms with Gasteiger partial charge >= 0.3 is 0 Å². The Morgan fingerprint density at radius 3 is 2.85 bits per heavy atom. The van der Waals surface area contributed by atoms with Crippen LogP contribution in [0.4, 0.5) is 5.69 Å². The molecule has 3 aromatic rings. The largest absolute Gasteiger partial charge is 0.319 e. The van der Waals surface area contributed by atoms with Gasteiger partial charge in [0.2, 0.25) is 5.91 Å². The maximum Gasteiger partial charge on any atom is 0.248 e. The molecule has 0 spiro atoms. The van der Waals surface area contributed by atoms with Crippen LogP contribution >= 0.6 is 11.6 Å². The summed E-state index contributed by atoms with van der Waals surface area (Å²) in [6.07, 6.45) is 6.75. The van der Waals surface area contributed by atoms with Gasteiger partial charge in [0.25, 0.3) is 0 Å². The minimum absolute atomic E-state index is 0.206. The molecule has 0 aliphatic rings. The number of rotatable bonds is 5. The lowest BCUT2D eigenvalue weighted by molar-refractivity contribution is -0.111. The molecule has 1 N–H and O–H groups in total. The summed E-state index contributed by atoms with van der Waals surface area (Å²) in [6.45, 7) is 4.40. The van der Waals surface area contributed by atoms with Crippen LogP contribution < -0.4 is 5.32 Å². The summed E-state index contributed by atoms with van der Waals surface area (Å²) in [4.78, 5) is 12.2. The van der Waals surface area contributed by atoms with Crippen LogP contribution in [-0.2, 0) is 18.4 Å². The van der Waals surface area contributed by atoms with Crippen LogP contribution in [0, 0.1) is 13.8 Å². The SMILES string of the molecule is Cc1nn(Cc2cccc(Cl)c2)c(C)c1NC(=O)/C=C/c1cnn(C)c1. The van der Waals surface area contributed by atoms with E-state index in [1.165, 1.54) is 6.08 Å². The second-order valence-electron chi connectivity index (χ2n) is 6.10. The summed E-state index contributed by atoms with van der Waals surface area (Å²) in [7, 11) is 1.83. The summed E-state index contributed by atoms with van der Waals surface area (Å²) in [5.41, 5.74) is 4.32. The van der Waals surface area contributed by atoms with E-state index in [0.717, 1.165) is 28.2 Å². The molecule has 134 valence electrons. The molecule has 7 heteroatoms. The standard InChI is InChI=1S/C19H20ClN5O/c1-13-19(22-18(26)8-7-16-10-21-24(3)11-16)14(2)25(23-13)12-15-5-4-6-17(20)9-15/h4-11H,12H2,1-3H3,(H,22,26)/b8-7+. The van der Waals surface area contributed by atoms with Crippen LogP contribution in [0.3, 0.4) is 0 Å². The van der Waals surface area contributed by atoms with E-state index in [4.69, 9.17) is 11.6 Å². The number of hydrogen-bond acceptors (Lipinski definition) is 3. The smallest absolute Gasteiger partial charge is 0.248 e. The molecule has 2 aromatic heterocycles. The van der Waals surface area contributed by atoms with E-state index in [1.54, 1.807) is 17.0 Å². The Morgan fingerprint density at radius 1 is 1.35 bits per heavy atom. The van der Waals surface area contributed by atoms with Gasteiger partial charge in [0.05, 0.1) is 29.8 Å². The van der Waals surface area contributed by atoms with E-state index >= 15 is 0 Å². The highest BCUT2D eigenvalue weighted by atomic mass is 35.5. The summed E-state index contributed by atoms with van der Waals surface area (Å²) in [5, 5.41) is 12.2. The highest BCUT2D eigenvalue weighted by molar-refractivity contribution is 6.30. The highest BCUT2D eigenvalue weighted by Gasteiger charge is 2.13. The molecule has 3 rings (SSSR count). The number of carbonyl (C=O) groups is 1. The van der Waals surface area contributed by atoms with Crippen LogP contribution in [-0.4, -0.2) is 25.5 Å². The van der Waals surface area contributed by atoms with Crippen molar-refractivity contribution in [3.8, 4) is 0 Å². The second kappa shape index (κ2) is 7.58. The maximum atomic E-state index is 12.2. The van der Waals surface area contributed by atoms with Gasteiger partial charge in [-0.25, -0.2) is 0 Å². The van der Waals surface area contributed by atoms with Crippen molar-refractivity contribution in [2.75, 3.05) is 5.32 Å². The quantitative estimate of drug-likeness (QED) is 0.699. The number of nitrogens with zero attached hydrogens (tertiary/aromatic N) is 4. The molecule has 1 amide bonds. The topological polar surface area (TPSA) is 64.7 Å². The van der Waals surface area contributed by atoms with Gasteiger partial charge < -0.3 is 5.32 Å². The number of hydrogen-bond donors (Lipinski definition) is 1. The zero-order valence-corrected chi connectivity index (χ0v) is 15.7. The van der Waals surface area contributed by atoms with Gasteiger partial charge in [-0.15, -0.1) is 0 Å². The minimum Gasteiger partial charge on any atom is -0.319 e. The Labute approximate surface area is 157 Å². The number of carbonyl (C=O) groups excluding carboxylic acids is 1. The monoisotopic (exact) mass is 369 g/mol. The predicted molar refractivity (Wildman–Crippen MR) is 103 cm³/mol. The Bertz CT molecular complexity index is 970. The third-order valence-electron chi connectivity index (χ3n) is 4.00. The lowest BCUT2D eigenvalue weighted by Crippen LogP contribution is -2.10. The van der Waals surface area contributed by atoms with Crippen molar-refractivity contribution < 1.29 is 4.79 Å². The third-order valence-corrected chi connectivity index (χ3v) is 4.24. The van der Waals surface area contributed by atoms with Crippen LogP contribution in [0.15, 0.2) is 42.7 Å². The van der Waals surface area contributed by atoms with Gasteiger partial charge in [0.1, 0.15) is 0 Å². The first kappa shape index (κ1) is 17.9. The first-order valence-electron chi connectivity index (χ1n) is 8.18. The average molecular weight is 370 g/mol. The van der Waals surface area contributed by atoms with Crippen LogP contribution in [0.2, 0.25) is 5.02 Å². The minimum atomic E-state index is -0.206. The fourth-order valence-electron chi connectivity index (χ4n) is 2.70. The Kier molecular flexibility index (Phi) is 5.23. The molecule has 0 aliphatic carbocycles. The predicted octanol–water partition coefficient (Wildman–Crippen LogP) is 3.59. The van der Waals surface area contributed by atoms with Crippen molar-refractivity contribution in [3.05, 3.63) is 70.3 Å². The number of benzene rings is 1. The van der Waals surface area contributed by atoms with Crippen molar-refractivity contribution >= 4 is 29.3 Å². The molecule has 0 fully saturated rings. The molecule has 2 heterocycles. The van der Waals surface area contributed by atoms with E-state index in [9.17, 15) is 4.79 Å². The zero-order chi connectivity index (χ0) is 18.7. The van der Waals surface area contributed by atoms with Gasteiger partial charge in [0, 0.05) is 29.9 Å². The molecule has 26 heavy (non-hydrogen) atoms. The van der Waals surface area contributed by atoms with Crippen molar-refractivity contribution in [3.63, 3.8) is 0 Å². The number of nitrogens with one attached hydrogen (secondary N) is 1. The number of anilines is 1. The van der Waals surface area contributed by atoms with Crippen LogP contribution in [0.25, 0.3) is 6.08 Å². The van der Waals surface area contributed by atoms with Gasteiger partial charge in [0.15, 0.2) is 0 Å². The van der Waals surface area contributed by atoms with Gasteiger partial charge in [-0.05, 0) is 37.6 Å². The summed E-state index contributed by atoms with van der Waals surface area (Å²) < 4.78 is 3.55. The van der Waals surface area contributed by atoms with E-state index in [0.29, 0.717) is 11.6 Å². The Morgan fingerprint density at radius 2 is 2.15 bits per heavy atom. The lowest BCUT2D eigenvalue weighted by atomic mass is 10.2. The molecule has 1 aromatic carbocycles. The van der Waals surface area contributed by atoms with Crippen molar-refractivity contribution in [2.45, 2.75) is 20.4 Å². The highest BCUT2D eigenvalue weighted by Crippen LogP contribution is 2.21. The van der Waals surface area contributed by atoms with E-state index < -0.39 is 0 Å². The maximum absolute atomic E-state index is 12.2. The lowest BCUT2D eigenvalue weighted by Gasteiger charge is -2.06. The molecular formula is C19H20ClN5O. The first-order valence-corrected chi connectivity index (χ1v) is 8.56. The van der Waals surface area contributed by atoms with Gasteiger partial charge in [-0.1, -0.05) is 23.7 Å². The van der Waals surface area contributed by atoms with Crippen molar-refractivity contribution in [1.82, 2.24) is 19.6 Å². The summed E-state index contributed by atoms with van der Waals surface area (Å²) in [6, 6.07) is 7.66. The summed E-state index contributed by atoms with van der Waals surface area (Å²) >= 11 is 6.04.